The van der Waals surface area contributed by atoms with Crippen molar-refractivity contribution in [2.45, 2.75) is 6.10 Å². The number of alkyl halides is 1. The van der Waals surface area contributed by atoms with Crippen molar-refractivity contribution in [2.24, 2.45) is 0 Å². The minimum atomic E-state index is -1.05. The molecule has 11 heavy (non-hydrogen) atoms. The van der Waals surface area contributed by atoms with Gasteiger partial charge in [0.15, 0.2) is 0 Å². The maximum absolute atomic E-state index is 11.9. The van der Waals surface area contributed by atoms with Crippen molar-refractivity contribution in [3.05, 3.63) is 34.9 Å². The van der Waals surface area contributed by atoms with E-state index in [0.717, 1.165) is 0 Å². The smallest absolute Gasteiger partial charge is 0.119 e. The van der Waals surface area contributed by atoms with Crippen LogP contribution in [0.5, 0.6) is 0 Å². The van der Waals surface area contributed by atoms with Gasteiger partial charge in [-0.2, -0.15) is 0 Å². The Morgan fingerprint density at radius 1 is 1.55 bits per heavy atom. The van der Waals surface area contributed by atoms with E-state index in [1.54, 1.807) is 24.3 Å². The Kier molecular flexibility index (Phi) is 2.85. The van der Waals surface area contributed by atoms with Crippen LogP contribution in [0.25, 0.3) is 0 Å². The van der Waals surface area contributed by atoms with Crippen molar-refractivity contribution in [3.8, 4) is 0 Å². The number of rotatable bonds is 2. The van der Waals surface area contributed by atoms with Crippen LogP contribution in [0.15, 0.2) is 24.3 Å². The third kappa shape index (κ3) is 2.17. The zero-order chi connectivity index (χ0) is 8.27. The van der Waals surface area contributed by atoms with E-state index >= 15 is 0 Å². The quantitative estimate of drug-likeness (QED) is 0.730. The minimum Gasteiger partial charge on any atom is -0.386 e. The Balaban J connectivity index is 2.86. The van der Waals surface area contributed by atoms with Crippen LogP contribution in [-0.2, 0) is 0 Å². The summed E-state index contributed by atoms with van der Waals surface area (Å²) in [7, 11) is 0. The highest BCUT2D eigenvalue weighted by Gasteiger charge is 2.05. The first kappa shape index (κ1) is 8.50. The van der Waals surface area contributed by atoms with Crippen molar-refractivity contribution < 1.29 is 9.50 Å². The zero-order valence-corrected chi connectivity index (χ0v) is 6.55. The minimum absolute atomic E-state index is 0.509. The van der Waals surface area contributed by atoms with Gasteiger partial charge in [-0.3, -0.25) is 0 Å². The number of hydrogen-bond donors (Lipinski definition) is 1. The van der Waals surface area contributed by atoms with Gasteiger partial charge in [0.2, 0.25) is 0 Å². The van der Waals surface area contributed by atoms with Gasteiger partial charge in [-0.25, -0.2) is 4.39 Å². The second-order valence-electron chi connectivity index (χ2n) is 2.23. The lowest BCUT2D eigenvalue weighted by Crippen LogP contribution is -1.98. The van der Waals surface area contributed by atoms with Crippen LogP contribution in [0.3, 0.4) is 0 Å². The van der Waals surface area contributed by atoms with Gasteiger partial charge in [-0.1, -0.05) is 23.7 Å². The van der Waals surface area contributed by atoms with E-state index in [0.29, 0.717) is 10.6 Å². The normalized spacial score (nSPS) is 13.0. The summed E-state index contributed by atoms with van der Waals surface area (Å²) in [6.07, 6.45) is -1.05. The Morgan fingerprint density at radius 3 is 2.82 bits per heavy atom. The standard InChI is InChI=1S/C8H8ClFO/c9-7-3-1-2-6(4-7)8(11)5-10/h1-4,8,11H,5H2/t8-/m1/s1. The Labute approximate surface area is 69.4 Å². The highest BCUT2D eigenvalue weighted by atomic mass is 35.5. The predicted octanol–water partition coefficient (Wildman–Crippen LogP) is 2.34. The number of halogens is 2. The molecule has 0 aliphatic heterocycles. The predicted molar refractivity (Wildman–Crippen MR) is 42.4 cm³/mol. The number of hydrogen-bond acceptors (Lipinski definition) is 1. The fourth-order valence-corrected chi connectivity index (χ4v) is 1.00. The number of benzene rings is 1. The fraction of sp³-hybridized carbons (Fsp3) is 0.250. The van der Waals surface area contributed by atoms with Gasteiger partial charge in [0.1, 0.15) is 12.8 Å². The van der Waals surface area contributed by atoms with Crippen LogP contribution >= 0.6 is 11.6 Å². The third-order valence-electron chi connectivity index (χ3n) is 1.38. The lowest BCUT2D eigenvalue weighted by atomic mass is 10.1. The number of aliphatic hydroxyl groups is 1. The highest BCUT2D eigenvalue weighted by Crippen LogP contribution is 2.17. The molecule has 0 radical (unpaired) electrons. The molecular formula is C8H8ClFO. The van der Waals surface area contributed by atoms with E-state index in [1.165, 1.54) is 0 Å². The molecule has 0 aliphatic rings. The van der Waals surface area contributed by atoms with Crippen molar-refractivity contribution in [2.75, 3.05) is 6.67 Å². The van der Waals surface area contributed by atoms with Crippen molar-refractivity contribution in [3.63, 3.8) is 0 Å². The molecule has 1 atom stereocenters. The summed E-state index contributed by atoms with van der Waals surface area (Å²) in [4.78, 5) is 0. The average Bonchev–Trinajstić information content (AvgIpc) is 2.03. The van der Waals surface area contributed by atoms with Gasteiger partial charge in [-0.15, -0.1) is 0 Å². The molecule has 0 spiro atoms. The summed E-state index contributed by atoms with van der Waals surface area (Å²) in [5.74, 6) is 0. The lowest BCUT2D eigenvalue weighted by Gasteiger charge is -2.05. The molecule has 0 heterocycles. The Morgan fingerprint density at radius 2 is 2.27 bits per heavy atom. The summed E-state index contributed by atoms with van der Waals surface area (Å²) < 4.78 is 11.9. The first-order chi connectivity index (χ1) is 5.24. The Hall–Kier alpha value is -0.600. The van der Waals surface area contributed by atoms with Crippen LogP contribution in [0.4, 0.5) is 4.39 Å². The molecule has 1 rings (SSSR count). The molecule has 0 saturated heterocycles. The molecule has 1 nitrogen and oxygen atoms in total. The van der Waals surface area contributed by atoms with Gasteiger partial charge < -0.3 is 5.11 Å². The van der Waals surface area contributed by atoms with Crippen molar-refractivity contribution in [1.82, 2.24) is 0 Å². The lowest BCUT2D eigenvalue weighted by molar-refractivity contribution is 0.142. The van der Waals surface area contributed by atoms with E-state index in [1.807, 2.05) is 0 Å². The van der Waals surface area contributed by atoms with Crippen LogP contribution in [0.2, 0.25) is 5.02 Å². The van der Waals surface area contributed by atoms with Crippen molar-refractivity contribution in [1.29, 1.82) is 0 Å². The van der Waals surface area contributed by atoms with E-state index in [2.05, 4.69) is 0 Å². The molecule has 1 aromatic carbocycles. The summed E-state index contributed by atoms with van der Waals surface area (Å²) in [6, 6.07) is 6.54. The SMILES string of the molecule is O[C@H](CF)c1cccc(Cl)c1. The molecule has 0 unspecified atom stereocenters. The largest absolute Gasteiger partial charge is 0.386 e. The molecular weight excluding hydrogens is 167 g/mol. The van der Waals surface area contributed by atoms with Gasteiger partial charge in [0.25, 0.3) is 0 Å². The second-order valence-corrected chi connectivity index (χ2v) is 2.66. The Bertz CT molecular complexity index is 239. The molecule has 3 heteroatoms. The molecule has 1 N–H and O–H groups in total. The first-order valence-corrected chi connectivity index (χ1v) is 3.61. The van der Waals surface area contributed by atoms with Gasteiger partial charge >= 0.3 is 0 Å². The van der Waals surface area contributed by atoms with E-state index in [9.17, 15) is 4.39 Å². The molecule has 0 aromatic heterocycles. The van der Waals surface area contributed by atoms with E-state index in [4.69, 9.17) is 16.7 Å². The van der Waals surface area contributed by atoms with Crippen LogP contribution < -0.4 is 0 Å². The van der Waals surface area contributed by atoms with E-state index < -0.39 is 12.8 Å². The van der Waals surface area contributed by atoms with Crippen LogP contribution in [0.1, 0.15) is 11.7 Å². The first-order valence-electron chi connectivity index (χ1n) is 3.23. The molecule has 0 saturated carbocycles. The average molecular weight is 175 g/mol. The van der Waals surface area contributed by atoms with E-state index in [-0.39, 0.29) is 0 Å². The van der Waals surface area contributed by atoms with Crippen LogP contribution in [-0.4, -0.2) is 11.8 Å². The summed E-state index contributed by atoms with van der Waals surface area (Å²) in [5.41, 5.74) is 0.514. The maximum atomic E-state index is 11.9. The summed E-state index contributed by atoms with van der Waals surface area (Å²) in [6.45, 7) is -0.777. The highest BCUT2D eigenvalue weighted by molar-refractivity contribution is 6.30. The fourth-order valence-electron chi connectivity index (χ4n) is 0.803. The summed E-state index contributed by atoms with van der Waals surface area (Å²) >= 11 is 5.61. The monoisotopic (exact) mass is 174 g/mol. The van der Waals surface area contributed by atoms with Crippen LogP contribution in [0, 0.1) is 0 Å². The second kappa shape index (κ2) is 3.69. The number of aliphatic hydroxyl groups excluding tert-OH is 1. The molecule has 0 fully saturated rings. The maximum Gasteiger partial charge on any atom is 0.119 e. The molecule has 60 valence electrons. The van der Waals surface area contributed by atoms with Crippen molar-refractivity contribution >= 4 is 11.6 Å². The van der Waals surface area contributed by atoms with Gasteiger partial charge in [0, 0.05) is 5.02 Å². The van der Waals surface area contributed by atoms with Gasteiger partial charge in [0.05, 0.1) is 0 Å². The summed E-state index contributed by atoms with van der Waals surface area (Å²) in [5, 5.41) is 9.53. The zero-order valence-electron chi connectivity index (χ0n) is 5.80. The molecule has 0 aliphatic carbocycles. The topological polar surface area (TPSA) is 20.2 Å². The third-order valence-corrected chi connectivity index (χ3v) is 1.61. The molecule has 0 bridgehead atoms. The molecule has 1 aromatic rings. The van der Waals surface area contributed by atoms with Gasteiger partial charge in [-0.05, 0) is 17.7 Å². The molecule has 0 amide bonds.